The van der Waals surface area contributed by atoms with Gasteiger partial charge in [-0.15, -0.1) is 0 Å². The Morgan fingerprint density at radius 1 is 0.889 bits per heavy atom. The first kappa shape index (κ1) is 26.5. The Hall–Kier alpha value is -2.60. The maximum absolute atomic E-state index is 13.8. The highest BCUT2D eigenvalue weighted by atomic mass is 16.5. The zero-order chi connectivity index (χ0) is 26.3. The Morgan fingerprint density at radius 2 is 1.47 bits per heavy atom. The van der Waals surface area contributed by atoms with Crippen molar-refractivity contribution >= 4 is 11.6 Å². The molecule has 3 aliphatic rings. The van der Waals surface area contributed by atoms with Gasteiger partial charge in [0.05, 0.1) is 13.7 Å². The van der Waals surface area contributed by atoms with Crippen molar-refractivity contribution in [2.75, 3.05) is 34.0 Å². The van der Waals surface area contributed by atoms with E-state index in [0.29, 0.717) is 37.6 Å². The van der Waals surface area contributed by atoms with Crippen molar-refractivity contribution < 1.29 is 23.8 Å². The number of carbonyl (C=O) groups excluding carboxylic acids is 2. The van der Waals surface area contributed by atoms with Crippen LogP contribution in [-0.2, 0) is 14.3 Å². The Bertz CT molecular complexity index is 1060. The summed E-state index contributed by atoms with van der Waals surface area (Å²) in [7, 11) is 3.33. The van der Waals surface area contributed by atoms with E-state index in [0.717, 1.165) is 53.9 Å². The van der Waals surface area contributed by atoms with Crippen molar-refractivity contribution in [3.05, 3.63) is 46.3 Å². The molecule has 0 aromatic heterocycles. The first-order chi connectivity index (χ1) is 17.0. The minimum Gasteiger partial charge on any atom is -0.493 e. The molecule has 0 radical (unpaired) electrons. The molecule has 1 aliphatic heterocycles. The third kappa shape index (κ3) is 4.97. The van der Waals surface area contributed by atoms with Gasteiger partial charge in [0, 0.05) is 61.6 Å². The molecule has 0 amide bonds. The molecule has 0 saturated heterocycles. The Morgan fingerprint density at radius 3 is 1.97 bits per heavy atom. The molecule has 0 bridgehead atoms. The molecule has 0 saturated carbocycles. The quantitative estimate of drug-likeness (QED) is 0.424. The molecule has 0 spiro atoms. The van der Waals surface area contributed by atoms with Crippen LogP contribution in [0.25, 0.3) is 0 Å². The molecule has 36 heavy (non-hydrogen) atoms. The van der Waals surface area contributed by atoms with Gasteiger partial charge in [0.15, 0.2) is 23.1 Å². The lowest BCUT2D eigenvalue weighted by Crippen LogP contribution is -2.44. The van der Waals surface area contributed by atoms with Crippen LogP contribution in [-0.4, -0.2) is 50.4 Å². The van der Waals surface area contributed by atoms with E-state index in [9.17, 15) is 9.59 Å². The average molecular weight is 496 g/mol. The van der Waals surface area contributed by atoms with Gasteiger partial charge in [0.2, 0.25) is 0 Å². The number of rotatable bonds is 8. The van der Waals surface area contributed by atoms with Crippen LogP contribution in [0.4, 0.5) is 0 Å². The van der Waals surface area contributed by atoms with Gasteiger partial charge in [0.1, 0.15) is 0 Å². The predicted octanol–water partition coefficient (Wildman–Crippen LogP) is 5.82. The fraction of sp³-hybridized carbons (Fsp3) is 0.600. The van der Waals surface area contributed by atoms with Crippen LogP contribution < -0.4 is 9.47 Å². The minimum absolute atomic E-state index is 0.136. The summed E-state index contributed by atoms with van der Waals surface area (Å²) in [6.07, 6.45) is 3.39. The molecule has 2 aliphatic carbocycles. The molecular formula is C30H41NO5. The van der Waals surface area contributed by atoms with Crippen LogP contribution >= 0.6 is 0 Å². The zero-order valence-electron chi connectivity index (χ0n) is 23.0. The second kappa shape index (κ2) is 10.0. The van der Waals surface area contributed by atoms with Gasteiger partial charge in [-0.3, -0.25) is 9.59 Å². The number of allylic oxidation sites excluding steroid dienone is 4. The van der Waals surface area contributed by atoms with Crippen molar-refractivity contribution in [3.63, 3.8) is 0 Å². The van der Waals surface area contributed by atoms with Crippen LogP contribution in [0.3, 0.4) is 0 Å². The molecule has 1 aromatic rings. The summed E-state index contributed by atoms with van der Waals surface area (Å²) < 4.78 is 16.8. The van der Waals surface area contributed by atoms with E-state index >= 15 is 0 Å². The van der Waals surface area contributed by atoms with Crippen molar-refractivity contribution in [2.24, 2.45) is 10.8 Å². The maximum atomic E-state index is 13.8. The second-order valence-corrected chi connectivity index (χ2v) is 11.9. The summed E-state index contributed by atoms with van der Waals surface area (Å²) in [6, 6.07) is 5.84. The number of hydrogen-bond donors (Lipinski definition) is 0. The van der Waals surface area contributed by atoms with Crippen molar-refractivity contribution in [3.8, 4) is 11.5 Å². The Kier molecular flexibility index (Phi) is 7.38. The molecule has 1 heterocycles. The largest absolute Gasteiger partial charge is 0.493 e. The molecular weight excluding hydrogens is 454 g/mol. The fourth-order valence-electron chi connectivity index (χ4n) is 6.16. The molecule has 1 aromatic carbocycles. The molecule has 0 unspecified atom stereocenters. The summed E-state index contributed by atoms with van der Waals surface area (Å²) >= 11 is 0. The highest BCUT2D eigenvalue weighted by molar-refractivity contribution is 6.06. The third-order valence-electron chi connectivity index (χ3n) is 7.57. The summed E-state index contributed by atoms with van der Waals surface area (Å²) in [5.41, 5.74) is 4.36. The molecule has 4 rings (SSSR count). The lowest BCUT2D eigenvalue weighted by Gasteiger charge is -2.49. The Balaban J connectivity index is 1.94. The third-order valence-corrected chi connectivity index (χ3v) is 7.57. The standard InChI is InChI=1S/C30H41NO5/c1-8-36-24-11-10-19(14-25(24)35-7)26-27-20(15-29(2,3)17-22(27)32)31(12-9-13-34-6)21-16-30(4,5)18-23(33)28(21)26/h10-11,14,26H,8-9,12-13,15-18H2,1-7H3. The van der Waals surface area contributed by atoms with Crippen molar-refractivity contribution in [2.45, 2.75) is 72.6 Å². The van der Waals surface area contributed by atoms with Gasteiger partial charge >= 0.3 is 0 Å². The number of hydrogen-bond acceptors (Lipinski definition) is 6. The van der Waals surface area contributed by atoms with E-state index in [4.69, 9.17) is 14.2 Å². The predicted molar refractivity (Wildman–Crippen MR) is 140 cm³/mol. The Labute approximate surface area is 215 Å². The van der Waals surface area contributed by atoms with Crippen LogP contribution in [0.5, 0.6) is 11.5 Å². The van der Waals surface area contributed by atoms with E-state index in [2.05, 4.69) is 32.6 Å². The highest BCUT2D eigenvalue weighted by Crippen LogP contribution is 2.54. The average Bonchev–Trinajstić information content (AvgIpc) is 2.78. The smallest absolute Gasteiger partial charge is 0.162 e. The van der Waals surface area contributed by atoms with Crippen molar-refractivity contribution in [1.29, 1.82) is 0 Å². The van der Waals surface area contributed by atoms with E-state index in [1.165, 1.54) is 0 Å². The van der Waals surface area contributed by atoms with Gasteiger partial charge in [-0.2, -0.15) is 0 Å². The SMILES string of the molecule is CCOc1ccc(C2C3=C(CC(C)(C)CC3=O)N(CCCOC)C3=C2C(=O)CC(C)(C)C3)cc1OC. The number of methoxy groups -OCH3 is 2. The van der Waals surface area contributed by atoms with Crippen LogP contribution in [0.1, 0.15) is 78.2 Å². The first-order valence-corrected chi connectivity index (χ1v) is 13.1. The van der Waals surface area contributed by atoms with Gasteiger partial charge in [-0.25, -0.2) is 0 Å². The summed E-state index contributed by atoms with van der Waals surface area (Å²) in [5, 5.41) is 0. The van der Waals surface area contributed by atoms with Crippen LogP contribution in [0.15, 0.2) is 40.7 Å². The zero-order valence-corrected chi connectivity index (χ0v) is 23.0. The summed E-state index contributed by atoms with van der Waals surface area (Å²) in [4.78, 5) is 30.0. The lowest BCUT2D eigenvalue weighted by molar-refractivity contribution is -0.119. The second-order valence-electron chi connectivity index (χ2n) is 11.9. The normalized spacial score (nSPS) is 21.5. The minimum atomic E-state index is -0.384. The van der Waals surface area contributed by atoms with E-state index in [1.54, 1.807) is 14.2 Å². The molecule has 6 nitrogen and oxygen atoms in total. The fourth-order valence-corrected chi connectivity index (χ4v) is 6.16. The van der Waals surface area contributed by atoms with E-state index < -0.39 is 0 Å². The van der Waals surface area contributed by atoms with Crippen LogP contribution in [0, 0.1) is 10.8 Å². The van der Waals surface area contributed by atoms with Crippen molar-refractivity contribution in [1.82, 2.24) is 4.90 Å². The van der Waals surface area contributed by atoms with Gasteiger partial charge in [-0.05, 0) is 54.7 Å². The lowest BCUT2D eigenvalue weighted by atomic mass is 9.63. The molecule has 0 fully saturated rings. The number of ketones is 2. The first-order valence-electron chi connectivity index (χ1n) is 13.1. The summed E-state index contributed by atoms with van der Waals surface area (Å²) in [5.74, 6) is 1.18. The van der Waals surface area contributed by atoms with Crippen LogP contribution in [0.2, 0.25) is 0 Å². The molecule has 0 N–H and O–H groups in total. The number of nitrogens with zero attached hydrogens (tertiary/aromatic N) is 1. The van der Waals surface area contributed by atoms with Gasteiger partial charge in [0.25, 0.3) is 0 Å². The summed E-state index contributed by atoms with van der Waals surface area (Å²) in [6.45, 7) is 12.5. The molecule has 6 heteroatoms. The molecule has 196 valence electrons. The number of ether oxygens (including phenoxy) is 3. The number of benzene rings is 1. The molecule has 0 atom stereocenters. The highest BCUT2D eigenvalue weighted by Gasteiger charge is 2.48. The van der Waals surface area contributed by atoms with Gasteiger partial charge < -0.3 is 19.1 Å². The number of Topliss-reactive ketones (excluding diaryl/α,β-unsaturated/α-hetero) is 2. The van der Waals surface area contributed by atoms with E-state index in [-0.39, 0.29) is 28.3 Å². The maximum Gasteiger partial charge on any atom is 0.162 e. The van der Waals surface area contributed by atoms with E-state index in [1.807, 2.05) is 25.1 Å². The monoisotopic (exact) mass is 495 g/mol. The topological polar surface area (TPSA) is 65.1 Å². The van der Waals surface area contributed by atoms with Gasteiger partial charge in [-0.1, -0.05) is 33.8 Å². The number of carbonyl (C=O) groups is 2.